The fraction of sp³-hybridized carbons (Fsp3) is 0.176. The minimum atomic E-state index is -0.552. The van der Waals surface area contributed by atoms with Crippen LogP contribution in [0, 0.1) is 11.3 Å². The number of hydrogen-bond acceptors (Lipinski definition) is 6. The SMILES string of the molecule is CCOc1cc(C#N)ccc1OCC(=O)NNC(=O)c1cccnc1. The molecule has 0 fully saturated rings. The van der Waals surface area contributed by atoms with Gasteiger partial charge < -0.3 is 9.47 Å². The lowest BCUT2D eigenvalue weighted by atomic mass is 10.2. The van der Waals surface area contributed by atoms with Gasteiger partial charge in [0.15, 0.2) is 18.1 Å². The van der Waals surface area contributed by atoms with E-state index in [4.69, 9.17) is 14.7 Å². The van der Waals surface area contributed by atoms with E-state index < -0.39 is 11.8 Å². The lowest BCUT2D eigenvalue weighted by Crippen LogP contribution is -2.43. The van der Waals surface area contributed by atoms with E-state index >= 15 is 0 Å². The molecule has 0 saturated carbocycles. The maximum atomic E-state index is 11.8. The normalized spacial score (nSPS) is 9.60. The second kappa shape index (κ2) is 8.88. The van der Waals surface area contributed by atoms with Crippen LogP contribution < -0.4 is 20.3 Å². The van der Waals surface area contributed by atoms with Gasteiger partial charge in [-0.3, -0.25) is 25.4 Å². The van der Waals surface area contributed by atoms with Crippen LogP contribution in [-0.4, -0.2) is 30.0 Å². The van der Waals surface area contributed by atoms with E-state index in [1.165, 1.54) is 18.5 Å². The summed E-state index contributed by atoms with van der Waals surface area (Å²) >= 11 is 0. The summed E-state index contributed by atoms with van der Waals surface area (Å²) in [5.41, 5.74) is 5.24. The van der Waals surface area contributed by atoms with Crippen LogP contribution in [0.1, 0.15) is 22.8 Å². The number of nitrogens with zero attached hydrogens (tertiary/aromatic N) is 2. The number of aromatic nitrogens is 1. The Morgan fingerprint density at radius 1 is 1.20 bits per heavy atom. The Balaban J connectivity index is 1.88. The van der Waals surface area contributed by atoms with Gasteiger partial charge in [0.2, 0.25) is 0 Å². The maximum Gasteiger partial charge on any atom is 0.276 e. The molecular formula is C17H16N4O4. The summed E-state index contributed by atoms with van der Waals surface area (Å²) in [6.07, 6.45) is 2.92. The summed E-state index contributed by atoms with van der Waals surface area (Å²) in [6.45, 7) is 1.85. The summed E-state index contributed by atoms with van der Waals surface area (Å²) < 4.78 is 10.8. The minimum Gasteiger partial charge on any atom is -0.490 e. The fourth-order valence-electron chi connectivity index (χ4n) is 1.84. The van der Waals surface area contributed by atoms with E-state index in [1.54, 1.807) is 31.2 Å². The molecule has 8 nitrogen and oxygen atoms in total. The summed E-state index contributed by atoms with van der Waals surface area (Å²) in [7, 11) is 0. The van der Waals surface area contributed by atoms with E-state index in [1.807, 2.05) is 6.07 Å². The van der Waals surface area contributed by atoms with Gasteiger partial charge in [0.05, 0.1) is 23.8 Å². The minimum absolute atomic E-state index is 0.314. The first kappa shape index (κ1) is 17.7. The molecule has 25 heavy (non-hydrogen) atoms. The van der Waals surface area contributed by atoms with Crippen molar-refractivity contribution in [3.63, 3.8) is 0 Å². The molecule has 2 amide bonds. The number of carbonyl (C=O) groups excluding carboxylic acids is 2. The van der Waals surface area contributed by atoms with Crippen molar-refractivity contribution in [1.29, 1.82) is 5.26 Å². The van der Waals surface area contributed by atoms with Crippen LogP contribution in [0.15, 0.2) is 42.7 Å². The van der Waals surface area contributed by atoms with Gasteiger partial charge in [-0.15, -0.1) is 0 Å². The van der Waals surface area contributed by atoms with Crippen molar-refractivity contribution in [3.05, 3.63) is 53.9 Å². The highest BCUT2D eigenvalue weighted by molar-refractivity contribution is 5.95. The highest BCUT2D eigenvalue weighted by Gasteiger charge is 2.11. The molecule has 0 bridgehead atoms. The number of pyridine rings is 1. The van der Waals surface area contributed by atoms with Crippen LogP contribution in [0.5, 0.6) is 11.5 Å². The summed E-state index contributed by atoms with van der Waals surface area (Å²) in [5.74, 6) is -0.345. The van der Waals surface area contributed by atoms with E-state index in [9.17, 15) is 9.59 Å². The van der Waals surface area contributed by atoms with Crippen molar-refractivity contribution in [3.8, 4) is 17.6 Å². The van der Waals surface area contributed by atoms with Crippen molar-refractivity contribution in [1.82, 2.24) is 15.8 Å². The zero-order chi connectivity index (χ0) is 18.1. The zero-order valence-electron chi connectivity index (χ0n) is 13.5. The van der Waals surface area contributed by atoms with E-state index in [0.29, 0.717) is 29.2 Å². The first-order valence-electron chi connectivity index (χ1n) is 7.43. The number of hydrazine groups is 1. The third-order valence-corrected chi connectivity index (χ3v) is 2.97. The Hall–Kier alpha value is -3.60. The van der Waals surface area contributed by atoms with Crippen molar-refractivity contribution >= 4 is 11.8 Å². The van der Waals surface area contributed by atoms with Gasteiger partial charge in [0.25, 0.3) is 11.8 Å². The predicted molar refractivity (Wildman–Crippen MR) is 87.7 cm³/mol. The van der Waals surface area contributed by atoms with Gasteiger partial charge in [0, 0.05) is 18.5 Å². The molecule has 1 aromatic carbocycles. The summed E-state index contributed by atoms with van der Waals surface area (Å²) in [5, 5.41) is 8.90. The molecule has 0 radical (unpaired) electrons. The second-order valence-corrected chi connectivity index (χ2v) is 4.74. The first-order valence-corrected chi connectivity index (χ1v) is 7.43. The highest BCUT2D eigenvalue weighted by atomic mass is 16.5. The lowest BCUT2D eigenvalue weighted by molar-refractivity contribution is -0.123. The van der Waals surface area contributed by atoms with Crippen LogP contribution in [0.25, 0.3) is 0 Å². The molecule has 2 N–H and O–H groups in total. The van der Waals surface area contributed by atoms with Crippen molar-refractivity contribution in [2.45, 2.75) is 6.92 Å². The third kappa shape index (κ3) is 5.21. The number of ether oxygens (including phenoxy) is 2. The monoisotopic (exact) mass is 340 g/mol. The van der Waals surface area contributed by atoms with Gasteiger partial charge in [-0.25, -0.2) is 0 Å². The third-order valence-electron chi connectivity index (χ3n) is 2.97. The lowest BCUT2D eigenvalue weighted by Gasteiger charge is -2.12. The highest BCUT2D eigenvalue weighted by Crippen LogP contribution is 2.28. The number of nitrogens with one attached hydrogen (secondary N) is 2. The van der Waals surface area contributed by atoms with Crippen molar-refractivity contribution < 1.29 is 19.1 Å². The molecule has 0 aliphatic carbocycles. The van der Waals surface area contributed by atoms with Gasteiger partial charge in [-0.05, 0) is 31.2 Å². The van der Waals surface area contributed by atoms with Crippen LogP contribution in [0.3, 0.4) is 0 Å². The van der Waals surface area contributed by atoms with Gasteiger partial charge >= 0.3 is 0 Å². The Morgan fingerprint density at radius 3 is 2.72 bits per heavy atom. The fourth-order valence-corrected chi connectivity index (χ4v) is 1.84. The molecular weight excluding hydrogens is 324 g/mol. The van der Waals surface area contributed by atoms with Gasteiger partial charge in [-0.2, -0.15) is 5.26 Å². The van der Waals surface area contributed by atoms with Crippen LogP contribution in [0.2, 0.25) is 0 Å². The number of amides is 2. The Bertz CT molecular complexity index is 787. The van der Waals surface area contributed by atoms with E-state index in [2.05, 4.69) is 15.8 Å². The van der Waals surface area contributed by atoms with Gasteiger partial charge in [-0.1, -0.05) is 0 Å². The number of benzene rings is 1. The molecule has 0 atom stereocenters. The number of nitriles is 1. The van der Waals surface area contributed by atoms with Gasteiger partial charge in [0.1, 0.15) is 0 Å². The van der Waals surface area contributed by atoms with Crippen LogP contribution in [0.4, 0.5) is 0 Å². The topological polar surface area (TPSA) is 113 Å². The molecule has 0 aliphatic heterocycles. The van der Waals surface area contributed by atoms with Crippen molar-refractivity contribution in [2.75, 3.05) is 13.2 Å². The Labute approximate surface area is 144 Å². The Kier molecular flexibility index (Phi) is 6.31. The first-order chi connectivity index (χ1) is 12.1. The molecule has 1 aromatic heterocycles. The quantitative estimate of drug-likeness (QED) is 0.764. The summed E-state index contributed by atoms with van der Waals surface area (Å²) in [4.78, 5) is 27.4. The molecule has 1 heterocycles. The Morgan fingerprint density at radius 2 is 2.04 bits per heavy atom. The smallest absolute Gasteiger partial charge is 0.276 e. The van der Waals surface area contributed by atoms with Crippen LogP contribution in [-0.2, 0) is 4.79 Å². The second-order valence-electron chi connectivity index (χ2n) is 4.74. The molecule has 0 aliphatic rings. The molecule has 0 unspecified atom stereocenters. The van der Waals surface area contributed by atoms with E-state index in [-0.39, 0.29) is 6.61 Å². The standard InChI is InChI=1S/C17H16N4O4/c1-2-24-15-8-12(9-18)5-6-14(15)25-11-16(22)20-21-17(23)13-4-3-7-19-10-13/h3-8,10H,2,11H2,1H3,(H,20,22)(H,21,23). The molecule has 0 saturated heterocycles. The molecule has 2 aromatic rings. The molecule has 0 spiro atoms. The predicted octanol–water partition coefficient (Wildman–Crippen LogP) is 1.19. The number of rotatable bonds is 6. The summed E-state index contributed by atoms with van der Waals surface area (Å²) in [6, 6.07) is 9.81. The zero-order valence-corrected chi connectivity index (χ0v) is 13.5. The number of hydrogen-bond donors (Lipinski definition) is 2. The average molecular weight is 340 g/mol. The molecule has 8 heteroatoms. The largest absolute Gasteiger partial charge is 0.490 e. The maximum absolute atomic E-state index is 11.8. The molecule has 2 rings (SSSR count). The average Bonchev–Trinajstić information content (AvgIpc) is 2.65. The van der Waals surface area contributed by atoms with Crippen LogP contribution >= 0.6 is 0 Å². The van der Waals surface area contributed by atoms with E-state index in [0.717, 1.165) is 0 Å². The number of carbonyl (C=O) groups is 2. The molecule has 128 valence electrons. The van der Waals surface area contributed by atoms with Crippen molar-refractivity contribution in [2.24, 2.45) is 0 Å².